The summed E-state index contributed by atoms with van der Waals surface area (Å²) in [5, 5.41) is 12.1. The van der Waals surface area contributed by atoms with Crippen LogP contribution in [0.2, 0.25) is 0 Å². The number of amides is 4. The number of barbiturate groups is 1. The van der Waals surface area contributed by atoms with Crippen LogP contribution in [-0.4, -0.2) is 41.0 Å². The van der Waals surface area contributed by atoms with E-state index in [-0.39, 0.29) is 17.4 Å². The molecule has 1 saturated carbocycles. The first-order valence-electron chi connectivity index (χ1n) is 8.29. The summed E-state index contributed by atoms with van der Waals surface area (Å²) in [6.45, 7) is 0. The van der Waals surface area contributed by atoms with Gasteiger partial charge >= 0.3 is 6.03 Å². The zero-order valence-electron chi connectivity index (χ0n) is 13.9. The number of phenols is 1. The van der Waals surface area contributed by atoms with Crippen molar-refractivity contribution in [2.45, 2.75) is 38.1 Å². The number of hydrogen-bond donors (Lipinski definition) is 2. The van der Waals surface area contributed by atoms with Gasteiger partial charge in [0.25, 0.3) is 11.8 Å². The smallest absolute Gasteiger partial charge is 0.331 e. The van der Waals surface area contributed by atoms with E-state index in [9.17, 15) is 19.5 Å². The van der Waals surface area contributed by atoms with Gasteiger partial charge in [-0.3, -0.25) is 19.8 Å². The van der Waals surface area contributed by atoms with Gasteiger partial charge in [-0.2, -0.15) is 0 Å². The van der Waals surface area contributed by atoms with Crippen LogP contribution in [0.25, 0.3) is 6.08 Å². The van der Waals surface area contributed by atoms with Crippen molar-refractivity contribution in [2.75, 3.05) is 7.11 Å². The van der Waals surface area contributed by atoms with Gasteiger partial charge in [0, 0.05) is 6.04 Å². The van der Waals surface area contributed by atoms with E-state index in [1.165, 1.54) is 25.3 Å². The lowest BCUT2D eigenvalue weighted by molar-refractivity contribution is -0.132. The Hall–Kier alpha value is -2.83. The predicted octanol–water partition coefficient (Wildman–Crippen LogP) is 2.20. The highest BCUT2D eigenvalue weighted by molar-refractivity contribution is 6.31. The first-order chi connectivity index (χ1) is 12.0. The molecule has 2 fully saturated rings. The van der Waals surface area contributed by atoms with Gasteiger partial charge in [-0.05, 0) is 36.6 Å². The van der Waals surface area contributed by atoms with E-state index in [0.717, 1.165) is 37.0 Å². The number of imide groups is 2. The number of nitrogens with one attached hydrogen (secondary N) is 1. The first kappa shape index (κ1) is 17.0. The average molecular weight is 344 g/mol. The number of hydrogen-bond acceptors (Lipinski definition) is 5. The standard InChI is InChI=1S/C18H20N2O5/c1-25-15-8-7-11(10-14(15)21)9-13-16(22)19-18(24)20(17(13)23)12-5-3-2-4-6-12/h7-10,12,21H,2-6H2,1H3,(H,19,22,24). The minimum atomic E-state index is -0.725. The Balaban J connectivity index is 1.91. The Morgan fingerprint density at radius 2 is 1.92 bits per heavy atom. The van der Waals surface area contributed by atoms with Crippen molar-refractivity contribution in [2.24, 2.45) is 0 Å². The number of rotatable bonds is 3. The van der Waals surface area contributed by atoms with Gasteiger partial charge in [0.15, 0.2) is 11.5 Å². The molecule has 1 aromatic carbocycles. The lowest BCUT2D eigenvalue weighted by atomic mass is 9.93. The molecule has 0 unspecified atom stereocenters. The second-order valence-electron chi connectivity index (χ2n) is 6.22. The van der Waals surface area contributed by atoms with Crippen LogP contribution >= 0.6 is 0 Å². The topological polar surface area (TPSA) is 95.9 Å². The highest BCUT2D eigenvalue weighted by Gasteiger charge is 2.40. The molecule has 1 aromatic rings. The molecule has 1 saturated heterocycles. The van der Waals surface area contributed by atoms with Crippen molar-refractivity contribution in [3.05, 3.63) is 29.3 Å². The summed E-state index contributed by atoms with van der Waals surface area (Å²) in [4.78, 5) is 38.2. The van der Waals surface area contributed by atoms with Crippen LogP contribution in [0.5, 0.6) is 11.5 Å². The second-order valence-corrected chi connectivity index (χ2v) is 6.22. The molecule has 0 aromatic heterocycles. The molecule has 1 aliphatic carbocycles. The van der Waals surface area contributed by atoms with E-state index in [0.29, 0.717) is 11.3 Å². The summed E-state index contributed by atoms with van der Waals surface area (Å²) >= 11 is 0. The van der Waals surface area contributed by atoms with Crippen molar-refractivity contribution in [1.82, 2.24) is 10.2 Å². The third-order valence-corrected chi connectivity index (χ3v) is 4.59. The number of carbonyl (C=O) groups is 3. The lowest BCUT2D eigenvalue weighted by Crippen LogP contribution is -2.58. The van der Waals surface area contributed by atoms with Crippen LogP contribution in [0.15, 0.2) is 23.8 Å². The van der Waals surface area contributed by atoms with E-state index in [1.807, 2.05) is 0 Å². The fourth-order valence-electron chi connectivity index (χ4n) is 3.31. The van der Waals surface area contributed by atoms with Gasteiger partial charge in [0.1, 0.15) is 5.57 Å². The fourth-order valence-corrected chi connectivity index (χ4v) is 3.31. The molecule has 7 heteroatoms. The van der Waals surface area contributed by atoms with Crippen LogP contribution in [0.3, 0.4) is 0 Å². The molecule has 0 radical (unpaired) electrons. The molecule has 7 nitrogen and oxygen atoms in total. The quantitative estimate of drug-likeness (QED) is 0.647. The fraction of sp³-hybridized carbons (Fsp3) is 0.389. The van der Waals surface area contributed by atoms with Gasteiger partial charge < -0.3 is 9.84 Å². The van der Waals surface area contributed by atoms with Crippen molar-refractivity contribution in [1.29, 1.82) is 0 Å². The van der Waals surface area contributed by atoms with E-state index in [2.05, 4.69) is 5.32 Å². The molecule has 25 heavy (non-hydrogen) atoms. The molecule has 0 atom stereocenters. The second kappa shape index (κ2) is 6.96. The molecule has 132 valence electrons. The summed E-state index contributed by atoms with van der Waals surface area (Å²) in [5.41, 5.74) is 0.351. The monoisotopic (exact) mass is 344 g/mol. The molecular formula is C18H20N2O5. The molecule has 1 heterocycles. The molecule has 4 amide bonds. The molecule has 2 N–H and O–H groups in total. The summed E-state index contributed by atoms with van der Waals surface area (Å²) in [6.07, 6.45) is 5.89. The highest BCUT2D eigenvalue weighted by atomic mass is 16.5. The predicted molar refractivity (Wildman–Crippen MR) is 89.9 cm³/mol. The Morgan fingerprint density at radius 3 is 2.56 bits per heavy atom. The number of phenolic OH excluding ortho intramolecular Hbond substituents is 1. The molecule has 0 spiro atoms. The summed E-state index contributed by atoms with van der Waals surface area (Å²) < 4.78 is 4.97. The van der Waals surface area contributed by atoms with Crippen LogP contribution in [0.1, 0.15) is 37.7 Å². The normalized spacial score (nSPS) is 20.8. The van der Waals surface area contributed by atoms with Gasteiger partial charge in [-0.15, -0.1) is 0 Å². The van der Waals surface area contributed by atoms with E-state index < -0.39 is 17.8 Å². The zero-order valence-corrected chi connectivity index (χ0v) is 13.9. The van der Waals surface area contributed by atoms with Crippen molar-refractivity contribution in [3.8, 4) is 11.5 Å². The Bertz CT molecular complexity index is 750. The molecule has 1 aliphatic heterocycles. The maximum atomic E-state index is 12.7. The summed E-state index contributed by atoms with van der Waals surface area (Å²) in [7, 11) is 1.43. The van der Waals surface area contributed by atoms with Crippen LogP contribution in [0, 0.1) is 0 Å². The Kier molecular flexibility index (Phi) is 4.74. The number of carbonyl (C=O) groups excluding carboxylic acids is 3. The van der Waals surface area contributed by atoms with Gasteiger partial charge in [-0.1, -0.05) is 25.3 Å². The SMILES string of the molecule is COc1ccc(C=C2C(=O)NC(=O)N(C3CCCCC3)C2=O)cc1O. The number of urea groups is 1. The number of nitrogens with zero attached hydrogens (tertiary/aromatic N) is 1. The molecular weight excluding hydrogens is 324 g/mol. The van der Waals surface area contributed by atoms with Crippen molar-refractivity contribution >= 4 is 23.9 Å². The maximum Gasteiger partial charge on any atom is 0.331 e. The number of methoxy groups -OCH3 is 1. The average Bonchev–Trinajstić information content (AvgIpc) is 2.59. The van der Waals surface area contributed by atoms with E-state index >= 15 is 0 Å². The van der Waals surface area contributed by atoms with Gasteiger partial charge in [0.2, 0.25) is 0 Å². The zero-order chi connectivity index (χ0) is 18.0. The number of benzene rings is 1. The number of aromatic hydroxyl groups is 1. The number of ether oxygens (including phenoxy) is 1. The Labute approximate surface area is 145 Å². The van der Waals surface area contributed by atoms with E-state index in [4.69, 9.17) is 4.74 Å². The van der Waals surface area contributed by atoms with Gasteiger partial charge in [-0.25, -0.2) is 4.79 Å². The van der Waals surface area contributed by atoms with Crippen molar-refractivity contribution < 1.29 is 24.2 Å². The third kappa shape index (κ3) is 3.35. The lowest BCUT2D eigenvalue weighted by Gasteiger charge is -2.35. The van der Waals surface area contributed by atoms with E-state index in [1.54, 1.807) is 6.07 Å². The molecule has 2 aliphatic rings. The summed E-state index contributed by atoms with van der Waals surface area (Å²) in [5.74, 6) is -1.12. The minimum Gasteiger partial charge on any atom is -0.504 e. The maximum absolute atomic E-state index is 12.7. The third-order valence-electron chi connectivity index (χ3n) is 4.59. The highest BCUT2D eigenvalue weighted by Crippen LogP contribution is 2.29. The molecule has 3 rings (SSSR count). The van der Waals surface area contributed by atoms with Crippen LogP contribution < -0.4 is 10.1 Å². The Morgan fingerprint density at radius 1 is 1.20 bits per heavy atom. The summed E-state index contributed by atoms with van der Waals surface area (Å²) in [6, 6.07) is 3.72. The van der Waals surface area contributed by atoms with Crippen LogP contribution in [0.4, 0.5) is 4.79 Å². The van der Waals surface area contributed by atoms with Crippen LogP contribution in [-0.2, 0) is 9.59 Å². The van der Waals surface area contributed by atoms with Gasteiger partial charge in [0.05, 0.1) is 7.11 Å². The first-order valence-corrected chi connectivity index (χ1v) is 8.29. The molecule has 0 bridgehead atoms. The minimum absolute atomic E-state index is 0.0965. The van der Waals surface area contributed by atoms with Crippen molar-refractivity contribution in [3.63, 3.8) is 0 Å². The largest absolute Gasteiger partial charge is 0.504 e.